The van der Waals surface area contributed by atoms with E-state index in [9.17, 15) is 4.79 Å². The maximum atomic E-state index is 10.5. The van der Waals surface area contributed by atoms with Gasteiger partial charge in [-0.15, -0.1) is 0 Å². The average molecular weight is 252 g/mol. The molecule has 0 aromatic heterocycles. The second-order valence-electron chi connectivity index (χ2n) is 4.50. The van der Waals surface area contributed by atoms with Gasteiger partial charge < -0.3 is 5.11 Å². The van der Waals surface area contributed by atoms with Crippen LogP contribution in [0.25, 0.3) is 17.2 Å². The van der Waals surface area contributed by atoms with Gasteiger partial charge in [-0.2, -0.15) is 0 Å². The topological polar surface area (TPSA) is 37.3 Å². The summed E-state index contributed by atoms with van der Waals surface area (Å²) in [6.45, 7) is 2.07. The van der Waals surface area contributed by atoms with Gasteiger partial charge in [0, 0.05) is 0 Å². The third kappa shape index (κ3) is 3.81. The van der Waals surface area contributed by atoms with Crippen molar-refractivity contribution in [2.24, 2.45) is 0 Å². The van der Waals surface area contributed by atoms with Crippen LogP contribution in [-0.2, 0) is 4.79 Å². The van der Waals surface area contributed by atoms with Crippen LogP contribution in [0.3, 0.4) is 0 Å². The first kappa shape index (κ1) is 13.1. The highest BCUT2D eigenvalue weighted by Gasteiger charge is 1.98. The summed E-state index contributed by atoms with van der Waals surface area (Å²) in [4.78, 5) is 10.5. The molecule has 0 radical (unpaired) electrons. The molecule has 0 unspecified atom stereocenters. The lowest BCUT2D eigenvalue weighted by Crippen LogP contribution is -1.89. The predicted octanol–water partition coefficient (Wildman–Crippen LogP) is 4.15. The molecule has 0 fully saturated rings. The monoisotopic (exact) mass is 252 g/mol. The minimum atomic E-state index is -0.814. The van der Waals surface area contributed by atoms with Gasteiger partial charge in [0.25, 0.3) is 0 Å². The fourth-order valence-electron chi connectivity index (χ4n) is 1.94. The van der Waals surface area contributed by atoms with Crippen LogP contribution in [0.1, 0.15) is 17.5 Å². The fraction of sp³-hybridized carbons (Fsp3) is 0.118. The number of hydrogen-bond acceptors (Lipinski definition) is 1. The zero-order valence-corrected chi connectivity index (χ0v) is 10.8. The first-order chi connectivity index (χ1) is 9.15. The number of rotatable bonds is 4. The zero-order valence-electron chi connectivity index (χ0n) is 10.8. The molecule has 19 heavy (non-hydrogen) atoms. The highest BCUT2D eigenvalue weighted by Crippen LogP contribution is 2.21. The SMILES string of the molecule is Cc1cccc(-c2cccc(/C=C/CC(=O)O)c2)c1. The van der Waals surface area contributed by atoms with E-state index in [2.05, 4.69) is 37.3 Å². The van der Waals surface area contributed by atoms with Crippen LogP contribution < -0.4 is 0 Å². The van der Waals surface area contributed by atoms with Crippen molar-refractivity contribution in [3.63, 3.8) is 0 Å². The first-order valence-corrected chi connectivity index (χ1v) is 6.20. The van der Waals surface area contributed by atoms with E-state index in [0.717, 1.165) is 11.1 Å². The van der Waals surface area contributed by atoms with Gasteiger partial charge in [-0.25, -0.2) is 0 Å². The third-order valence-corrected chi connectivity index (χ3v) is 2.84. The second kappa shape index (κ2) is 6.01. The minimum absolute atomic E-state index is 0.0503. The van der Waals surface area contributed by atoms with Crippen molar-refractivity contribution in [2.75, 3.05) is 0 Å². The number of carboxylic acid groups (broad SMARTS) is 1. The summed E-state index contributed by atoms with van der Waals surface area (Å²) in [6.07, 6.45) is 3.56. The van der Waals surface area contributed by atoms with Crippen molar-refractivity contribution in [3.05, 3.63) is 65.7 Å². The number of aryl methyl sites for hydroxylation is 1. The number of hydrogen-bond donors (Lipinski definition) is 1. The van der Waals surface area contributed by atoms with Crippen molar-refractivity contribution < 1.29 is 9.90 Å². The van der Waals surface area contributed by atoms with Gasteiger partial charge in [0.15, 0.2) is 0 Å². The van der Waals surface area contributed by atoms with E-state index in [1.807, 2.05) is 24.3 Å². The lowest BCUT2D eigenvalue weighted by molar-refractivity contribution is -0.135. The van der Waals surface area contributed by atoms with Crippen molar-refractivity contribution in [2.45, 2.75) is 13.3 Å². The minimum Gasteiger partial charge on any atom is -0.481 e. The number of carbonyl (C=O) groups is 1. The molecule has 2 aromatic carbocycles. The Labute approximate surface area is 113 Å². The third-order valence-electron chi connectivity index (χ3n) is 2.84. The molecule has 0 heterocycles. The van der Waals surface area contributed by atoms with E-state index < -0.39 is 5.97 Å². The summed E-state index contributed by atoms with van der Waals surface area (Å²) in [5.41, 5.74) is 4.55. The Morgan fingerprint density at radius 3 is 2.47 bits per heavy atom. The molecule has 0 aliphatic rings. The lowest BCUT2D eigenvalue weighted by Gasteiger charge is -2.04. The standard InChI is InChI=1S/C17H16O2/c1-13-5-2-8-15(11-13)16-9-3-6-14(12-16)7-4-10-17(18)19/h2-9,11-12H,10H2,1H3,(H,18,19)/b7-4+. The van der Waals surface area contributed by atoms with Crippen LogP contribution in [0.15, 0.2) is 54.6 Å². The molecule has 0 saturated heterocycles. The van der Waals surface area contributed by atoms with Crippen molar-refractivity contribution >= 4 is 12.0 Å². The lowest BCUT2D eigenvalue weighted by atomic mass is 10.0. The maximum absolute atomic E-state index is 10.5. The fourth-order valence-corrected chi connectivity index (χ4v) is 1.94. The maximum Gasteiger partial charge on any atom is 0.307 e. The van der Waals surface area contributed by atoms with Gasteiger partial charge in [-0.3, -0.25) is 4.79 Å². The Morgan fingerprint density at radius 2 is 1.79 bits per heavy atom. The van der Waals surface area contributed by atoms with Crippen LogP contribution in [0.2, 0.25) is 0 Å². The second-order valence-corrected chi connectivity index (χ2v) is 4.50. The molecule has 0 bridgehead atoms. The normalized spacial score (nSPS) is 10.8. The molecule has 1 N–H and O–H groups in total. The van der Waals surface area contributed by atoms with Gasteiger partial charge in [-0.1, -0.05) is 60.2 Å². The number of carboxylic acids is 1. The van der Waals surface area contributed by atoms with E-state index in [1.54, 1.807) is 6.08 Å². The summed E-state index contributed by atoms with van der Waals surface area (Å²) < 4.78 is 0. The van der Waals surface area contributed by atoms with Crippen molar-refractivity contribution in [3.8, 4) is 11.1 Å². The Bertz CT molecular complexity index is 612. The molecule has 0 amide bonds. The Kier molecular flexibility index (Phi) is 4.14. The molecule has 96 valence electrons. The molecule has 2 nitrogen and oxygen atoms in total. The van der Waals surface area contributed by atoms with Gasteiger partial charge >= 0.3 is 5.97 Å². The summed E-state index contributed by atoms with van der Waals surface area (Å²) in [7, 11) is 0. The molecule has 0 atom stereocenters. The van der Waals surface area contributed by atoms with Crippen LogP contribution in [0.4, 0.5) is 0 Å². The summed E-state index contributed by atoms with van der Waals surface area (Å²) in [5, 5.41) is 8.60. The molecule has 0 spiro atoms. The molecule has 0 aliphatic carbocycles. The number of aliphatic carboxylic acids is 1. The van der Waals surface area contributed by atoms with E-state index in [0.29, 0.717) is 0 Å². The van der Waals surface area contributed by atoms with E-state index in [1.165, 1.54) is 11.1 Å². The van der Waals surface area contributed by atoms with Crippen LogP contribution >= 0.6 is 0 Å². The molecular formula is C17H16O2. The van der Waals surface area contributed by atoms with Crippen LogP contribution in [0.5, 0.6) is 0 Å². The van der Waals surface area contributed by atoms with Crippen LogP contribution in [0, 0.1) is 6.92 Å². The van der Waals surface area contributed by atoms with Crippen LogP contribution in [-0.4, -0.2) is 11.1 Å². The highest BCUT2D eigenvalue weighted by molar-refractivity contribution is 5.72. The van der Waals surface area contributed by atoms with E-state index >= 15 is 0 Å². The van der Waals surface area contributed by atoms with E-state index in [-0.39, 0.29) is 6.42 Å². The van der Waals surface area contributed by atoms with Gasteiger partial charge in [-0.05, 0) is 29.7 Å². The molecule has 0 saturated carbocycles. The Morgan fingerprint density at radius 1 is 1.11 bits per heavy atom. The molecule has 2 heteroatoms. The quantitative estimate of drug-likeness (QED) is 0.887. The summed E-state index contributed by atoms with van der Waals surface area (Å²) in [5.74, 6) is -0.814. The predicted molar refractivity (Wildman–Crippen MR) is 77.9 cm³/mol. The van der Waals surface area contributed by atoms with Gasteiger partial charge in [0.05, 0.1) is 6.42 Å². The Balaban J connectivity index is 2.24. The van der Waals surface area contributed by atoms with Crippen molar-refractivity contribution in [1.29, 1.82) is 0 Å². The molecular weight excluding hydrogens is 236 g/mol. The van der Waals surface area contributed by atoms with Gasteiger partial charge in [0.2, 0.25) is 0 Å². The van der Waals surface area contributed by atoms with E-state index in [4.69, 9.17) is 5.11 Å². The smallest absolute Gasteiger partial charge is 0.307 e. The highest BCUT2D eigenvalue weighted by atomic mass is 16.4. The number of benzene rings is 2. The average Bonchev–Trinajstić information content (AvgIpc) is 2.39. The first-order valence-electron chi connectivity index (χ1n) is 6.20. The van der Waals surface area contributed by atoms with Gasteiger partial charge in [0.1, 0.15) is 0 Å². The molecule has 0 aliphatic heterocycles. The molecule has 2 rings (SSSR count). The summed E-state index contributed by atoms with van der Waals surface area (Å²) in [6, 6.07) is 16.4. The molecule has 2 aromatic rings. The largest absolute Gasteiger partial charge is 0.481 e. The zero-order chi connectivity index (χ0) is 13.7. The Hall–Kier alpha value is -2.35. The van der Waals surface area contributed by atoms with Crippen molar-refractivity contribution in [1.82, 2.24) is 0 Å². The summed E-state index contributed by atoms with van der Waals surface area (Å²) >= 11 is 0.